The van der Waals surface area contributed by atoms with Crippen molar-refractivity contribution in [3.63, 3.8) is 0 Å². The maximum Gasteiger partial charge on any atom is 0.342 e. The normalized spacial score (nSPS) is 13.1. The maximum absolute atomic E-state index is 11.2. The second-order valence-corrected chi connectivity index (χ2v) is 3.91. The zero-order chi connectivity index (χ0) is 11.4. The van der Waals surface area contributed by atoms with E-state index in [0.717, 1.165) is 0 Å². The standard InChI is InChI=1S/C8H12ClNO4/c1-8(2,3)14-7(12)6(10-13)5(11)4-9/h6H,4H2,1-3H3. The Balaban J connectivity index is 4.48. The number of ether oxygens (including phenoxy) is 1. The van der Waals surface area contributed by atoms with Crippen LogP contribution in [-0.2, 0) is 14.3 Å². The molecule has 0 spiro atoms. The predicted molar refractivity (Wildman–Crippen MR) is 51.2 cm³/mol. The van der Waals surface area contributed by atoms with Crippen molar-refractivity contribution in [2.45, 2.75) is 32.4 Å². The number of hydrogen-bond acceptors (Lipinski definition) is 5. The lowest BCUT2D eigenvalue weighted by atomic mass is 10.1. The third kappa shape index (κ3) is 4.32. The number of rotatable bonds is 4. The van der Waals surface area contributed by atoms with Crippen LogP contribution in [0.2, 0.25) is 0 Å². The van der Waals surface area contributed by atoms with Crippen LogP contribution in [0.3, 0.4) is 0 Å². The molecule has 0 rings (SSSR count). The Kier molecular flexibility index (Phi) is 4.70. The van der Waals surface area contributed by atoms with Crippen LogP contribution in [0.15, 0.2) is 5.18 Å². The van der Waals surface area contributed by atoms with Gasteiger partial charge >= 0.3 is 5.97 Å². The van der Waals surface area contributed by atoms with Crippen molar-refractivity contribution < 1.29 is 14.3 Å². The lowest BCUT2D eigenvalue weighted by molar-refractivity contribution is -0.157. The summed E-state index contributed by atoms with van der Waals surface area (Å²) in [5.41, 5.74) is -0.757. The van der Waals surface area contributed by atoms with Gasteiger partial charge in [-0.05, 0) is 25.9 Å². The number of alkyl halides is 1. The van der Waals surface area contributed by atoms with Crippen molar-refractivity contribution >= 4 is 23.4 Å². The number of esters is 1. The zero-order valence-electron chi connectivity index (χ0n) is 8.24. The molecule has 0 aromatic heterocycles. The van der Waals surface area contributed by atoms with Gasteiger partial charge in [-0.2, -0.15) is 0 Å². The van der Waals surface area contributed by atoms with Gasteiger partial charge in [0.15, 0.2) is 5.78 Å². The monoisotopic (exact) mass is 221 g/mol. The van der Waals surface area contributed by atoms with Crippen molar-refractivity contribution in [3.8, 4) is 0 Å². The molecule has 0 radical (unpaired) electrons. The fourth-order valence-corrected chi connectivity index (χ4v) is 0.810. The Morgan fingerprint density at radius 3 is 2.21 bits per heavy atom. The molecule has 0 bridgehead atoms. The molecule has 0 N–H and O–H groups in total. The van der Waals surface area contributed by atoms with E-state index in [9.17, 15) is 14.5 Å². The number of carbonyl (C=O) groups excluding carboxylic acids is 2. The molecule has 0 aromatic rings. The molecule has 0 heterocycles. The Hall–Kier alpha value is -0.970. The van der Waals surface area contributed by atoms with Gasteiger partial charge < -0.3 is 4.74 Å². The van der Waals surface area contributed by atoms with Crippen LogP contribution in [0.1, 0.15) is 20.8 Å². The Morgan fingerprint density at radius 2 is 1.93 bits per heavy atom. The topological polar surface area (TPSA) is 72.8 Å². The average molecular weight is 222 g/mol. The lowest BCUT2D eigenvalue weighted by Gasteiger charge is -2.20. The minimum atomic E-state index is -1.65. The van der Waals surface area contributed by atoms with E-state index in [1.54, 1.807) is 20.8 Å². The highest BCUT2D eigenvalue weighted by Crippen LogP contribution is 2.10. The summed E-state index contributed by atoms with van der Waals surface area (Å²) in [5.74, 6) is -2.15. The smallest absolute Gasteiger partial charge is 0.342 e. The molecule has 6 heteroatoms. The Morgan fingerprint density at radius 1 is 1.43 bits per heavy atom. The van der Waals surface area contributed by atoms with E-state index in [1.807, 2.05) is 0 Å². The van der Waals surface area contributed by atoms with Crippen LogP contribution in [0.4, 0.5) is 0 Å². The molecular formula is C8H12ClNO4. The summed E-state index contributed by atoms with van der Waals surface area (Å²) in [4.78, 5) is 32.3. The minimum absolute atomic E-state index is 0.435. The van der Waals surface area contributed by atoms with E-state index >= 15 is 0 Å². The molecule has 80 valence electrons. The van der Waals surface area contributed by atoms with Crippen LogP contribution in [-0.4, -0.2) is 29.3 Å². The Labute approximate surface area is 86.7 Å². The highest BCUT2D eigenvalue weighted by molar-refractivity contribution is 6.30. The summed E-state index contributed by atoms with van der Waals surface area (Å²) in [7, 11) is 0. The summed E-state index contributed by atoms with van der Waals surface area (Å²) >= 11 is 5.18. The summed E-state index contributed by atoms with van der Waals surface area (Å²) in [6.45, 7) is 4.87. The highest BCUT2D eigenvalue weighted by atomic mass is 35.5. The van der Waals surface area contributed by atoms with Crippen molar-refractivity contribution in [2.75, 3.05) is 5.88 Å². The molecule has 0 aliphatic carbocycles. The van der Waals surface area contributed by atoms with Crippen molar-refractivity contribution in [1.82, 2.24) is 0 Å². The summed E-state index contributed by atoms with van der Waals surface area (Å²) < 4.78 is 4.80. The molecule has 14 heavy (non-hydrogen) atoms. The fourth-order valence-electron chi connectivity index (χ4n) is 0.664. The second kappa shape index (κ2) is 5.05. The third-order valence-electron chi connectivity index (χ3n) is 1.17. The SMILES string of the molecule is CC(C)(C)OC(=O)C(N=O)C(=O)CCl. The summed E-state index contributed by atoms with van der Waals surface area (Å²) in [5, 5.41) is 2.38. The van der Waals surface area contributed by atoms with Crippen LogP contribution < -0.4 is 0 Å². The number of ketones is 1. The van der Waals surface area contributed by atoms with Gasteiger partial charge in [0, 0.05) is 0 Å². The number of Topliss-reactive ketones (excluding diaryl/α,β-unsaturated/α-hetero) is 1. The fraction of sp³-hybridized carbons (Fsp3) is 0.750. The van der Waals surface area contributed by atoms with E-state index in [0.29, 0.717) is 0 Å². The molecular weight excluding hydrogens is 210 g/mol. The predicted octanol–water partition coefficient (Wildman–Crippen LogP) is 1.27. The van der Waals surface area contributed by atoms with E-state index in [-0.39, 0.29) is 0 Å². The van der Waals surface area contributed by atoms with Gasteiger partial charge in [0.1, 0.15) is 5.60 Å². The number of nitrogens with zero attached hydrogens (tertiary/aromatic N) is 1. The number of halogens is 1. The van der Waals surface area contributed by atoms with Gasteiger partial charge in [-0.3, -0.25) is 4.79 Å². The van der Waals surface area contributed by atoms with Crippen molar-refractivity contribution in [1.29, 1.82) is 0 Å². The molecule has 0 aromatic carbocycles. The van der Waals surface area contributed by atoms with E-state index in [4.69, 9.17) is 16.3 Å². The van der Waals surface area contributed by atoms with Gasteiger partial charge in [0.05, 0.1) is 5.88 Å². The Bertz CT molecular complexity index is 246. The average Bonchev–Trinajstić information content (AvgIpc) is 2.01. The van der Waals surface area contributed by atoms with E-state index < -0.39 is 29.3 Å². The molecule has 0 aliphatic rings. The quantitative estimate of drug-likeness (QED) is 0.310. The van der Waals surface area contributed by atoms with Crippen molar-refractivity contribution in [2.24, 2.45) is 5.18 Å². The van der Waals surface area contributed by atoms with Crippen LogP contribution >= 0.6 is 11.6 Å². The van der Waals surface area contributed by atoms with Crippen LogP contribution in [0.25, 0.3) is 0 Å². The zero-order valence-corrected chi connectivity index (χ0v) is 9.00. The van der Waals surface area contributed by atoms with Crippen LogP contribution in [0.5, 0.6) is 0 Å². The van der Waals surface area contributed by atoms with E-state index in [1.165, 1.54) is 0 Å². The summed E-state index contributed by atoms with van der Waals surface area (Å²) in [6, 6.07) is -1.65. The first kappa shape index (κ1) is 13.0. The third-order valence-corrected chi connectivity index (χ3v) is 1.44. The van der Waals surface area contributed by atoms with Crippen LogP contribution in [0, 0.1) is 4.91 Å². The minimum Gasteiger partial charge on any atom is -0.458 e. The second-order valence-electron chi connectivity index (χ2n) is 3.64. The lowest BCUT2D eigenvalue weighted by Crippen LogP contribution is -2.36. The molecule has 0 saturated heterocycles. The van der Waals surface area contributed by atoms with Gasteiger partial charge in [-0.25, -0.2) is 4.79 Å². The van der Waals surface area contributed by atoms with Gasteiger partial charge in [0.2, 0.25) is 6.04 Å². The first-order valence-corrected chi connectivity index (χ1v) is 4.49. The van der Waals surface area contributed by atoms with Gasteiger partial charge in [-0.15, -0.1) is 16.5 Å². The highest BCUT2D eigenvalue weighted by Gasteiger charge is 2.31. The summed E-state index contributed by atoms with van der Waals surface area (Å²) in [6.07, 6.45) is 0. The van der Waals surface area contributed by atoms with E-state index in [2.05, 4.69) is 5.18 Å². The number of carbonyl (C=O) groups is 2. The molecule has 1 atom stereocenters. The largest absolute Gasteiger partial charge is 0.458 e. The van der Waals surface area contributed by atoms with Crippen molar-refractivity contribution in [3.05, 3.63) is 4.91 Å². The van der Waals surface area contributed by atoms with Gasteiger partial charge in [-0.1, -0.05) is 0 Å². The molecule has 0 amide bonds. The van der Waals surface area contributed by atoms with Gasteiger partial charge in [0.25, 0.3) is 0 Å². The first-order valence-electron chi connectivity index (χ1n) is 3.96. The molecule has 0 aliphatic heterocycles. The first-order chi connectivity index (χ1) is 6.31. The molecule has 1 unspecified atom stereocenters. The number of hydrogen-bond donors (Lipinski definition) is 0. The molecule has 5 nitrogen and oxygen atoms in total. The molecule has 0 saturated carbocycles. The molecule has 0 fully saturated rings. The number of nitroso groups, excluding NO2 is 1. The maximum atomic E-state index is 11.2.